The zero-order valence-corrected chi connectivity index (χ0v) is 15.0. The molecular weight excluding hydrogens is 344 g/mol. The van der Waals surface area contributed by atoms with Crippen molar-refractivity contribution in [1.82, 2.24) is 20.1 Å². The number of amides is 1. The molecule has 0 fully saturated rings. The van der Waals surface area contributed by atoms with Gasteiger partial charge in [-0.05, 0) is 30.3 Å². The first-order valence-corrected chi connectivity index (χ1v) is 8.44. The summed E-state index contributed by atoms with van der Waals surface area (Å²) in [6, 6.07) is 13.0. The largest absolute Gasteiger partial charge is 0.493 e. The molecule has 0 spiro atoms. The zero-order chi connectivity index (χ0) is 18.8. The van der Waals surface area contributed by atoms with Gasteiger partial charge in [0.1, 0.15) is 0 Å². The van der Waals surface area contributed by atoms with Crippen LogP contribution in [-0.2, 0) is 13.6 Å². The number of fused-ring (bicyclic) bond motifs is 1. The van der Waals surface area contributed by atoms with Crippen molar-refractivity contribution in [2.75, 3.05) is 7.11 Å². The third kappa shape index (κ3) is 3.27. The van der Waals surface area contributed by atoms with Crippen LogP contribution in [0.3, 0.4) is 0 Å². The Hall–Kier alpha value is -3.61. The molecular formula is C20H18N4O3. The van der Waals surface area contributed by atoms with Gasteiger partial charge in [0, 0.05) is 30.4 Å². The molecule has 7 nitrogen and oxygen atoms in total. The van der Waals surface area contributed by atoms with E-state index in [1.807, 2.05) is 37.4 Å². The number of aryl methyl sites for hydroxylation is 1. The molecule has 1 N–H and O–H groups in total. The molecule has 0 aliphatic carbocycles. The van der Waals surface area contributed by atoms with Crippen LogP contribution in [0.1, 0.15) is 16.2 Å². The molecule has 0 aliphatic rings. The Kier molecular flexibility index (Phi) is 4.33. The summed E-state index contributed by atoms with van der Waals surface area (Å²) in [6.45, 7) is 0.335. The number of benzene rings is 1. The average Bonchev–Trinajstić information content (AvgIpc) is 3.30. The van der Waals surface area contributed by atoms with Crippen molar-refractivity contribution in [3.05, 3.63) is 66.3 Å². The van der Waals surface area contributed by atoms with Gasteiger partial charge in [-0.2, -0.15) is 5.10 Å². The highest BCUT2D eigenvalue weighted by Gasteiger charge is 2.15. The van der Waals surface area contributed by atoms with Crippen LogP contribution in [0.15, 0.2) is 59.3 Å². The van der Waals surface area contributed by atoms with Crippen LogP contribution in [0.5, 0.6) is 5.75 Å². The predicted octanol–water partition coefficient (Wildman–Crippen LogP) is 3.17. The van der Waals surface area contributed by atoms with E-state index in [9.17, 15) is 4.79 Å². The van der Waals surface area contributed by atoms with Crippen molar-refractivity contribution in [2.45, 2.75) is 6.54 Å². The first kappa shape index (κ1) is 16.8. The Balaban J connectivity index is 1.51. The third-order valence-corrected chi connectivity index (χ3v) is 4.33. The Morgan fingerprint density at radius 3 is 2.81 bits per heavy atom. The molecule has 7 heteroatoms. The normalized spacial score (nSPS) is 10.9. The number of nitrogens with one attached hydrogen (secondary N) is 1. The predicted molar refractivity (Wildman–Crippen MR) is 100 cm³/mol. The van der Waals surface area contributed by atoms with E-state index in [1.54, 1.807) is 36.3 Å². The highest BCUT2D eigenvalue weighted by molar-refractivity contribution is 5.97. The van der Waals surface area contributed by atoms with E-state index in [-0.39, 0.29) is 11.7 Å². The fourth-order valence-electron chi connectivity index (χ4n) is 2.90. The van der Waals surface area contributed by atoms with Crippen LogP contribution >= 0.6 is 0 Å². The van der Waals surface area contributed by atoms with Crippen molar-refractivity contribution >= 4 is 16.9 Å². The van der Waals surface area contributed by atoms with Crippen LogP contribution in [0.4, 0.5) is 0 Å². The van der Waals surface area contributed by atoms with Crippen molar-refractivity contribution in [3.63, 3.8) is 0 Å². The van der Waals surface area contributed by atoms with Gasteiger partial charge in [-0.1, -0.05) is 12.1 Å². The van der Waals surface area contributed by atoms with E-state index in [1.165, 1.54) is 0 Å². The molecule has 0 radical (unpaired) electrons. The molecule has 3 heterocycles. The molecule has 27 heavy (non-hydrogen) atoms. The van der Waals surface area contributed by atoms with Crippen LogP contribution in [0.2, 0.25) is 0 Å². The number of nitrogens with zero attached hydrogens (tertiary/aromatic N) is 3. The Morgan fingerprint density at radius 1 is 1.22 bits per heavy atom. The minimum absolute atomic E-state index is 0.242. The molecule has 3 aromatic heterocycles. The van der Waals surface area contributed by atoms with Crippen LogP contribution < -0.4 is 10.1 Å². The maximum Gasteiger partial charge on any atom is 0.287 e. The summed E-state index contributed by atoms with van der Waals surface area (Å²) in [5.74, 6) is 0.547. The summed E-state index contributed by atoms with van der Waals surface area (Å²) >= 11 is 0. The molecule has 1 aromatic carbocycles. The van der Waals surface area contributed by atoms with Gasteiger partial charge in [-0.15, -0.1) is 0 Å². The van der Waals surface area contributed by atoms with Gasteiger partial charge >= 0.3 is 0 Å². The van der Waals surface area contributed by atoms with Gasteiger partial charge < -0.3 is 14.5 Å². The molecule has 0 atom stereocenters. The quantitative estimate of drug-likeness (QED) is 0.590. The number of hydrogen-bond acceptors (Lipinski definition) is 5. The number of pyridine rings is 1. The lowest BCUT2D eigenvalue weighted by Gasteiger charge is -2.03. The number of carbonyl (C=O) groups excluding carboxylic acids is 1. The smallest absolute Gasteiger partial charge is 0.287 e. The molecule has 0 saturated carbocycles. The number of methoxy groups -OCH3 is 1. The van der Waals surface area contributed by atoms with Gasteiger partial charge in [-0.3, -0.25) is 14.5 Å². The third-order valence-electron chi connectivity index (χ3n) is 4.33. The first-order valence-electron chi connectivity index (χ1n) is 8.44. The van der Waals surface area contributed by atoms with Crippen LogP contribution in [0, 0.1) is 0 Å². The highest BCUT2D eigenvalue weighted by atomic mass is 16.5. The van der Waals surface area contributed by atoms with Crippen LogP contribution in [-0.4, -0.2) is 27.8 Å². The van der Waals surface area contributed by atoms with E-state index >= 15 is 0 Å². The standard InChI is InChI=1S/C20H18N4O3/c1-24-15(11-16(23-24)13-6-8-21-9-7-13)12-22-20(25)18-10-14-4-3-5-17(26-2)19(14)27-18/h3-11H,12H2,1-2H3,(H,22,25). The Labute approximate surface area is 155 Å². The number of carbonyl (C=O) groups is 1. The average molecular weight is 362 g/mol. The maximum absolute atomic E-state index is 12.5. The number of hydrogen-bond donors (Lipinski definition) is 1. The molecule has 4 rings (SSSR count). The molecule has 4 aromatic rings. The Morgan fingerprint density at radius 2 is 2.04 bits per heavy atom. The van der Waals surface area contributed by atoms with E-state index in [4.69, 9.17) is 9.15 Å². The lowest BCUT2D eigenvalue weighted by molar-refractivity contribution is 0.0924. The minimum Gasteiger partial charge on any atom is -0.493 e. The van der Waals surface area contributed by atoms with E-state index in [2.05, 4.69) is 15.4 Å². The highest BCUT2D eigenvalue weighted by Crippen LogP contribution is 2.28. The van der Waals surface area contributed by atoms with Crippen molar-refractivity contribution in [3.8, 4) is 17.0 Å². The van der Waals surface area contributed by atoms with Crippen molar-refractivity contribution in [1.29, 1.82) is 0 Å². The second-order valence-electron chi connectivity index (χ2n) is 6.05. The molecule has 0 unspecified atom stereocenters. The molecule has 0 aliphatic heterocycles. The summed E-state index contributed by atoms with van der Waals surface area (Å²) in [5.41, 5.74) is 3.25. The lowest BCUT2D eigenvalue weighted by atomic mass is 10.2. The molecule has 136 valence electrons. The van der Waals surface area contributed by atoms with E-state index in [0.29, 0.717) is 17.9 Å². The molecule has 0 bridgehead atoms. The Bertz CT molecular complexity index is 1100. The van der Waals surface area contributed by atoms with Gasteiger partial charge in [0.05, 0.1) is 25.0 Å². The fraction of sp³-hybridized carbons (Fsp3) is 0.150. The number of para-hydroxylation sites is 1. The van der Waals surface area contributed by atoms with Crippen LogP contribution in [0.25, 0.3) is 22.2 Å². The van der Waals surface area contributed by atoms with E-state index in [0.717, 1.165) is 22.3 Å². The molecule has 0 saturated heterocycles. The number of aromatic nitrogens is 3. The second-order valence-corrected chi connectivity index (χ2v) is 6.05. The number of furan rings is 1. The minimum atomic E-state index is -0.292. The van der Waals surface area contributed by atoms with Gasteiger partial charge in [0.15, 0.2) is 17.1 Å². The van der Waals surface area contributed by atoms with E-state index < -0.39 is 0 Å². The van der Waals surface area contributed by atoms with Gasteiger partial charge in [0.2, 0.25) is 0 Å². The van der Waals surface area contributed by atoms with Gasteiger partial charge in [-0.25, -0.2) is 0 Å². The van der Waals surface area contributed by atoms with Gasteiger partial charge in [0.25, 0.3) is 5.91 Å². The van der Waals surface area contributed by atoms with Crippen molar-refractivity contribution < 1.29 is 13.9 Å². The lowest BCUT2D eigenvalue weighted by Crippen LogP contribution is -2.23. The zero-order valence-electron chi connectivity index (χ0n) is 15.0. The second kappa shape index (κ2) is 6.95. The first-order chi connectivity index (χ1) is 13.2. The fourth-order valence-corrected chi connectivity index (χ4v) is 2.90. The topological polar surface area (TPSA) is 82.2 Å². The monoisotopic (exact) mass is 362 g/mol. The number of rotatable bonds is 5. The van der Waals surface area contributed by atoms with Crippen molar-refractivity contribution in [2.24, 2.45) is 7.05 Å². The summed E-state index contributed by atoms with van der Waals surface area (Å²) in [4.78, 5) is 16.5. The maximum atomic E-state index is 12.5. The SMILES string of the molecule is COc1cccc2cc(C(=O)NCc3cc(-c4ccncc4)nn3C)oc12. The summed E-state index contributed by atoms with van der Waals surface area (Å²) in [7, 11) is 3.41. The summed E-state index contributed by atoms with van der Waals surface area (Å²) < 4.78 is 12.7. The summed E-state index contributed by atoms with van der Waals surface area (Å²) in [5, 5.41) is 8.18. The summed E-state index contributed by atoms with van der Waals surface area (Å²) in [6.07, 6.45) is 3.45. The number of ether oxygens (including phenoxy) is 1. The molecule has 1 amide bonds.